The summed E-state index contributed by atoms with van der Waals surface area (Å²) < 4.78 is 22.7. The number of rotatable bonds is 6. The van der Waals surface area contributed by atoms with Crippen LogP contribution in [-0.4, -0.2) is 57.6 Å². The Bertz CT molecular complexity index is 1920. The van der Waals surface area contributed by atoms with Crippen molar-refractivity contribution in [2.24, 2.45) is 4.99 Å². The lowest BCUT2D eigenvalue weighted by atomic mass is 9.96. The van der Waals surface area contributed by atoms with E-state index in [1.165, 1.54) is 5.56 Å². The predicted molar refractivity (Wildman–Crippen MR) is 166 cm³/mol. The first kappa shape index (κ1) is 26.0. The Hall–Kier alpha value is -4.63. The summed E-state index contributed by atoms with van der Waals surface area (Å²) >= 11 is 0. The molecule has 2 bridgehead atoms. The Labute approximate surface area is 248 Å². The lowest BCUT2D eigenvalue weighted by Crippen LogP contribution is -2.51. The molecule has 5 heterocycles. The van der Waals surface area contributed by atoms with Gasteiger partial charge in [0, 0.05) is 55.0 Å². The quantitative estimate of drug-likeness (QED) is 0.246. The molecule has 5 aromatic rings. The van der Waals surface area contributed by atoms with Crippen LogP contribution < -0.4 is 15.0 Å². The van der Waals surface area contributed by atoms with Crippen LogP contribution in [0, 0.1) is 5.82 Å². The minimum atomic E-state index is -0.566. The SMILES string of the molecule is CC1C(CCOc2nc(N3CC4CCC(C3)N4)c3cnc(-c4cc(O)cc5ccccc45)c(F)c3n2)=Nc2ccccc21. The standard InChI is InChI=1S/C34H31FN6O2/c1-19-24-7-4-5-9-29(24)38-28(19)12-13-43-34-39-32-27(33(40-34)41-17-21-10-11-22(18-41)37-21)16-36-31(30(32)35)26-15-23(42)14-20-6-2-3-8-25(20)26/h2-9,14-16,19,21-22,37,42H,10-13,17-18H2,1H3. The van der Waals surface area contributed by atoms with E-state index in [0.717, 1.165) is 48.1 Å². The van der Waals surface area contributed by atoms with Crippen molar-refractivity contribution in [2.45, 2.75) is 44.2 Å². The number of fused-ring (bicyclic) bond motifs is 5. The van der Waals surface area contributed by atoms with Crippen LogP contribution in [0.1, 0.15) is 37.7 Å². The van der Waals surface area contributed by atoms with Crippen LogP contribution in [0.15, 0.2) is 71.9 Å². The number of aliphatic imine (C=N–C) groups is 1. The molecule has 0 amide bonds. The summed E-state index contributed by atoms with van der Waals surface area (Å²) in [5, 5.41) is 16.2. The molecule has 3 atom stereocenters. The lowest BCUT2D eigenvalue weighted by Gasteiger charge is -2.34. The monoisotopic (exact) mass is 574 g/mol. The minimum Gasteiger partial charge on any atom is -0.508 e. The molecule has 0 spiro atoms. The Balaban J connectivity index is 1.18. The van der Waals surface area contributed by atoms with Crippen molar-refractivity contribution in [1.82, 2.24) is 20.3 Å². The van der Waals surface area contributed by atoms with E-state index in [1.54, 1.807) is 18.3 Å². The summed E-state index contributed by atoms with van der Waals surface area (Å²) in [5.74, 6) is 0.331. The molecular formula is C34H31FN6O2. The molecule has 8 rings (SSSR count). The molecular weight excluding hydrogens is 543 g/mol. The van der Waals surface area contributed by atoms with Crippen LogP contribution in [0.4, 0.5) is 15.9 Å². The van der Waals surface area contributed by atoms with Gasteiger partial charge in [0.25, 0.3) is 0 Å². The number of para-hydroxylation sites is 1. The number of nitrogens with one attached hydrogen (secondary N) is 1. The highest BCUT2D eigenvalue weighted by Crippen LogP contribution is 2.38. The number of benzene rings is 3. The molecule has 3 aliphatic heterocycles. The molecule has 2 aromatic heterocycles. The number of aromatic nitrogens is 3. The maximum atomic E-state index is 16.5. The molecule has 9 heteroatoms. The maximum Gasteiger partial charge on any atom is 0.319 e. The van der Waals surface area contributed by atoms with Crippen molar-refractivity contribution in [3.63, 3.8) is 0 Å². The Morgan fingerprint density at radius 1 is 1.00 bits per heavy atom. The van der Waals surface area contributed by atoms with Crippen LogP contribution in [0.5, 0.6) is 11.8 Å². The lowest BCUT2D eigenvalue weighted by molar-refractivity contribution is 0.303. The van der Waals surface area contributed by atoms with Crippen LogP contribution >= 0.6 is 0 Å². The van der Waals surface area contributed by atoms with Crippen molar-refractivity contribution in [3.8, 4) is 23.0 Å². The first-order chi connectivity index (χ1) is 21.0. The molecule has 3 aromatic carbocycles. The number of phenols is 1. The van der Waals surface area contributed by atoms with Gasteiger partial charge in [0.2, 0.25) is 0 Å². The second-order valence-corrected chi connectivity index (χ2v) is 11.8. The van der Waals surface area contributed by atoms with Crippen LogP contribution in [0.2, 0.25) is 0 Å². The summed E-state index contributed by atoms with van der Waals surface area (Å²) in [6.45, 7) is 4.03. The van der Waals surface area contributed by atoms with Gasteiger partial charge in [0.1, 0.15) is 22.8 Å². The summed E-state index contributed by atoms with van der Waals surface area (Å²) in [6.07, 6.45) is 4.49. The van der Waals surface area contributed by atoms with Gasteiger partial charge in [-0.3, -0.25) is 9.98 Å². The number of phenolic OH excluding ortho intramolecular Hbond substituents is 1. The number of hydrogen-bond acceptors (Lipinski definition) is 8. The maximum absolute atomic E-state index is 16.5. The van der Waals surface area contributed by atoms with Gasteiger partial charge in [0.05, 0.1) is 17.7 Å². The zero-order valence-corrected chi connectivity index (χ0v) is 23.8. The number of pyridine rings is 1. The number of nitrogens with zero attached hydrogens (tertiary/aromatic N) is 5. The largest absolute Gasteiger partial charge is 0.508 e. The van der Waals surface area contributed by atoms with Gasteiger partial charge in [-0.2, -0.15) is 9.97 Å². The van der Waals surface area contributed by atoms with E-state index in [9.17, 15) is 5.11 Å². The summed E-state index contributed by atoms with van der Waals surface area (Å²) in [7, 11) is 0. The molecule has 0 aliphatic carbocycles. The molecule has 2 saturated heterocycles. The molecule has 0 saturated carbocycles. The van der Waals surface area contributed by atoms with Gasteiger partial charge in [-0.1, -0.05) is 49.4 Å². The summed E-state index contributed by atoms with van der Waals surface area (Å²) in [6, 6.07) is 19.8. The van der Waals surface area contributed by atoms with Gasteiger partial charge >= 0.3 is 6.01 Å². The Morgan fingerprint density at radius 2 is 1.79 bits per heavy atom. The Kier molecular flexibility index (Phi) is 6.22. The molecule has 216 valence electrons. The number of ether oxygens (including phenoxy) is 1. The molecule has 3 aliphatic rings. The van der Waals surface area contributed by atoms with Gasteiger partial charge in [-0.05, 0) is 47.4 Å². The van der Waals surface area contributed by atoms with Crippen LogP contribution in [0.25, 0.3) is 32.9 Å². The highest BCUT2D eigenvalue weighted by Gasteiger charge is 2.34. The molecule has 2 N–H and O–H groups in total. The normalized spacial score (nSPS) is 20.9. The second-order valence-electron chi connectivity index (χ2n) is 11.8. The van der Waals surface area contributed by atoms with E-state index in [-0.39, 0.29) is 28.9 Å². The van der Waals surface area contributed by atoms with Crippen molar-refractivity contribution < 1.29 is 14.2 Å². The zero-order valence-electron chi connectivity index (χ0n) is 23.8. The smallest absolute Gasteiger partial charge is 0.319 e. The van der Waals surface area contributed by atoms with E-state index >= 15 is 4.39 Å². The average Bonchev–Trinajstić information content (AvgIpc) is 3.53. The van der Waals surface area contributed by atoms with Gasteiger partial charge < -0.3 is 20.1 Å². The van der Waals surface area contributed by atoms with Gasteiger partial charge in [-0.25, -0.2) is 4.39 Å². The van der Waals surface area contributed by atoms with Gasteiger partial charge in [0.15, 0.2) is 5.82 Å². The third kappa shape index (κ3) is 4.55. The number of aromatic hydroxyl groups is 1. The van der Waals surface area contributed by atoms with E-state index in [4.69, 9.17) is 14.7 Å². The van der Waals surface area contributed by atoms with Crippen molar-refractivity contribution in [3.05, 3.63) is 78.2 Å². The highest BCUT2D eigenvalue weighted by molar-refractivity contribution is 6.00. The predicted octanol–water partition coefficient (Wildman–Crippen LogP) is 6.29. The van der Waals surface area contributed by atoms with E-state index < -0.39 is 5.82 Å². The summed E-state index contributed by atoms with van der Waals surface area (Å²) in [4.78, 5) is 21.0. The highest BCUT2D eigenvalue weighted by atomic mass is 19.1. The second kappa shape index (κ2) is 10.3. The topological polar surface area (TPSA) is 95.8 Å². The molecule has 43 heavy (non-hydrogen) atoms. The fraction of sp³-hybridized carbons (Fsp3) is 0.294. The fourth-order valence-corrected chi connectivity index (χ4v) is 6.88. The van der Waals surface area contributed by atoms with Crippen LogP contribution in [0.3, 0.4) is 0 Å². The van der Waals surface area contributed by atoms with Crippen molar-refractivity contribution in [2.75, 3.05) is 24.6 Å². The van der Waals surface area contributed by atoms with Crippen molar-refractivity contribution in [1.29, 1.82) is 0 Å². The van der Waals surface area contributed by atoms with E-state index in [0.29, 0.717) is 41.9 Å². The number of hydrogen-bond donors (Lipinski definition) is 2. The first-order valence-corrected chi connectivity index (χ1v) is 14.9. The summed E-state index contributed by atoms with van der Waals surface area (Å²) in [5.41, 5.74) is 4.06. The molecule has 2 fully saturated rings. The van der Waals surface area contributed by atoms with Gasteiger partial charge in [-0.15, -0.1) is 0 Å². The number of anilines is 1. The third-order valence-corrected chi connectivity index (χ3v) is 9.02. The average molecular weight is 575 g/mol. The molecule has 0 radical (unpaired) electrons. The molecule has 8 nitrogen and oxygen atoms in total. The zero-order chi connectivity index (χ0) is 29.1. The van der Waals surface area contributed by atoms with Crippen molar-refractivity contribution >= 4 is 38.9 Å². The number of piperazine rings is 1. The fourth-order valence-electron chi connectivity index (χ4n) is 6.88. The third-order valence-electron chi connectivity index (χ3n) is 9.02. The molecule has 3 unspecified atom stereocenters. The van der Waals surface area contributed by atoms with E-state index in [1.807, 2.05) is 42.5 Å². The minimum absolute atomic E-state index is 0.0462. The van der Waals surface area contributed by atoms with Crippen LogP contribution in [-0.2, 0) is 0 Å². The first-order valence-electron chi connectivity index (χ1n) is 14.9. The van der Waals surface area contributed by atoms with E-state index in [2.05, 4.69) is 33.2 Å². The Morgan fingerprint density at radius 3 is 2.63 bits per heavy atom. The number of halogens is 1.